The van der Waals surface area contributed by atoms with Gasteiger partial charge in [0.25, 0.3) is 0 Å². The molecule has 0 saturated carbocycles. The van der Waals surface area contributed by atoms with Crippen molar-refractivity contribution < 1.29 is 24.1 Å². The van der Waals surface area contributed by atoms with Gasteiger partial charge in [-0.2, -0.15) is 0 Å². The lowest BCUT2D eigenvalue weighted by Crippen LogP contribution is -2.00. The van der Waals surface area contributed by atoms with E-state index in [1.807, 2.05) is 0 Å². The van der Waals surface area contributed by atoms with Crippen LogP contribution < -0.4 is 14.2 Å². The van der Waals surface area contributed by atoms with Crippen LogP contribution >= 0.6 is 0 Å². The molecule has 5 nitrogen and oxygen atoms in total. The zero-order chi connectivity index (χ0) is 15.7. The molecule has 0 spiro atoms. The van der Waals surface area contributed by atoms with Crippen molar-refractivity contribution in [2.75, 3.05) is 14.2 Å². The molecule has 0 unspecified atom stereocenters. The summed E-state index contributed by atoms with van der Waals surface area (Å²) in [5.74, 6) is 0.878. The molecule has 5 heteroatoms. The molecule has 22 heavy (non-hydrogen) atoms. The summed E-state index contributed by atoms with van der Waals surface area (Å²) in [7, 11) is 2.99. The van der Waals surface area contributed by atoms with Crippen molar-refractivity contribution in [3.05, 3.63) is 47.5 Å². The van der Waals surface area contributed by atoms with Gasteiger partial charge in [-0.05, 0) is 29.8 Å². The zero-order valence-corrected chi connectivity index (χ0v) is 12.1. The molecule has 3 rings (SSSR count). The first-order chi connectivity index (χ1) is 10.6. The topological polar surface area (TPSA) is 65.0 Å². The SMILES string of the molecule is COc1cc(/C=C2\C(=O)Oc3c(OC)cccc32)ccc1O. The summed E-state index contributed by atoms with van der Waals surface area (Å²) in [5.41, 5.74) is 1.83. The van der Waals surface area contributed by atoms with Crippen LogP contribution in [0.4, 0.5) is 0 Å². The van der Waals surface area contributed by atoms with Crippen LogP contribution in [0.5, 0.6) is 23.0 Å². The van der Waals surface area contributed by atoms with Crippen molar-refractivity contribution in [1.29, 1.82) is 0 Å². The highest BCUT2D eigenvalue weighted by atomic mass is 16.6. The number of carbonyl (C=O) groups excluding carboxylic acids is 1. The minimum atomic E-state index is -0.438. The predicted octanol–water partition coefficient (Wildman–Crippen LogP) is 2.87. The second-order valence-corrected chi connectivity index (χ2v) is 4.72. The smallest absolute Gasteiger partial charge is 0.344 e. The number of rotatable bonds is 3. The second kappa shape index (κ2) is 5.44. The lowest BCUT2D eigenvalue weighted by Gasteiger charge is -2.05. The van der Waals surface area contributed by atoms with E-state index in [1.165, 1.54) is 20.3 Å². The van der Waals surface area contributed by atoms with E-state index >= 15 is 0 Å². The number of ether oxygens (including phenoxy) is 3. The van der Waals surface area contributed by atoms with Gasteiger partial charge in [0, 0.05) is 5.56 Å². The van der Waals surface area contributed by atoms with E-state index in [0.717, 1.165) is 5.56 Å². The van der Waals surface area contributed by atoms with Gasteiger partial charge in [-0.1, -0.05) is 18.2 Å². The molecule has 1 aliphatic rings. The number of phenols is 1. The largest absolute Gasteiger partial charge is 0.504 e. The third-order valence-electron chi connectivity index (χ3n) is 3.42. The Morgan fingerprint density at radius 1 is 1.09 bits per heavy atom. The van der Waals surface area contributed by atoms with Crippen LogP contribution in [0.3, 0.4) is 0 Å². The minimum absolute atomic E-state index is 0.0423. The van der Waals surface area contributed by atoms with Crippen molar-refractivity contribution in [3.63, 3.8) is 0 Å². The van der Waals surface area contributed by atoms with Crippen LogP contribution in [0, 0.1) is 0 Å². The summed E-state index contributed by atoms with van der Waals surface area (Å²) in [6, 6.07) is 10.2. The number of hydrogen-bond acceptors (Lipinski definition) is 5. The third-order valence-corrected chi connectivity index (χ3v) is 3.42. The Kier molecular flexibility index (Phi) is 3.47. The van der Waals surface area contributed by atoms with E-state index in [1.54, 1.807) is 36.4 Å². The predicted molar refractivity (Wildman–Crippen MR) is 81.2 cm³/mol. The number of phenolic OH excluding ortho intramolecular Hbond substituents is 1. The number of fused-ring (bicyclic) bond motifs is 1. The molecular formula is C17H14O5. The zero-order valence-electron chi connectivity index (χ0n) is 12.1. The van der Waals surface area contributed by atoms with Gasteiger partial charge < -0.3 is 19.3 Å². The van der Waals surface area contributed by atoms with Gasteiger partial charge in [0.2, 0.25) is 0 Å². The molecule has 0 aromatic heterocycles. The second-order valence-electron chi connectivity index (χ2n) is 4.72. The lowest BCUT2D eigenvalue weighted by atomic mass is 10.0. The van der Waals surface area contributed by atoms with Gasteiger partial charge in [-0.25, -0.2) is 4.79 Å². The highest BCUT2D eigenvalue weighted by molar-refractivity contribution is 6.26. The highest BCUT2D eigenvalue weighted by Crippen LogP contribution is 2.42. The molecule has 0 amide bonds. The van der Waals surface area contributed by atoms with Crippen molar-refractivity contribution in [2.45, 2.75) is 0 Å². The van der Waals surface area contributed by atoms with Gasteiger partial charge in [0.1, 0.15) is 0 Å². The summed E-state index contributed by atoms with van der Waals surface area (Å²) in [6.07, 6.45) is 1.69. The first-order valence-electron chi connectivity index (χ1n) is 6.62. The van der Waals surface area contributed by atoms with E-state index in [0.29, 0.717) is 28.4 Å². The Morgan fingerprint density at radius 2 is 1.86 bits per heavy atom. The van der Waals surface area contributed by atoms with Crippen LogP contribution in [-0.4, -0.2) is 25.3 Å². The van der Waals surface area contributed by atoms with Gasteiger partial charge in [-0.15, -0.1) is 0 Å². The molecular weight excluding hydrogens is 284 g/mol. The Labute approximate surface area is 127 Å². The van der Waals surface area contributed by atoms with Crippen LogP contribution in [-0.2, 0) is 4.79 Å². The number of esters is 1. The van der Waals surface area contributed by atoms with Crippen molar-refractivity contribution in [1.82, 2.24) is 0 Å². The quantitative estimate of drug-likeness (QED) is 0.536. The number of hydrogen-bond donors (Lipinski definition) is 1. The molecule has 0 bridgehead atoms. The molecule has 1 heterocycles. The number of methoxy groups -OCH3 is 2. The molecule has 2 aromatic rings. The fourth-order valence-electron chi connectivity index (χ4n) is 2.34. The summed E-state index contributed by atoms with van der Waals surface area (Å²) in [6.45, 7) is 0. The average molecular weight is 298 g/mol. The Bertz CT molecular complexity index is 777. The normalized spacial score (nSPS) is 14.6. The maximum atomic E-state index is 12.1. The highest BCUT2D eigenvalue weighted by Gasteiger charge is 2.29. The third kappa shape index (κ3) is 2.26. The standard InChI is InChI=1S/C17H14O5/c1-20-14-5-3-4-11-12(17(19)22-16(11)14)8-10-6-7-13(18)15(9-10)21-2/h3-9,18H,1-2H3/b12-8-. The van der Waals surface area contributed by atoms with Crippen molar-refractivity contribution in [3.8, 4) is 23.0 Å². The maximum absolute atomic E-state index is 12.1. The number of aromatic hydroxyl groups is 1. The van der Waals surface area contributed by atoms with E-state index in [-0.39, 0.29) is 5.75 Å². The fourth-order valence-corrected chi connectivity index (χ4v) is 2.34. The Hall–Kier alpha value is -2.95. The van der Waals surface area contributed by atoms with Crippen LogP contribution in [0.2, 0.25) is 0 Å². The van der Waals surface area contributed by atoms with E-state index in [2.05, 4.69) is 0 Å². The Balaban J connectivity index is 2.08. The number of carbonyl (C=O) groups is 1. The Morgan fingerprint density at radius 3 is 2.59 bits per heavy atom. The summed E-state index contributed by atoms with van der Waals surface area (Å²) < 4.78 is 15.5. The molecule has 0 aliphatic carbocycles. The summed E-state index contributed by atoms with van der Waals surface area (Å²) in [4.78, 5) is 12.1. The van der Waals surface area contributed by atoms with Gasteiger partial charge in [0.15, 0.2) is 23.0 Å². The molecule has 0 atom stereocenters. The summed E-state index contributed by atoms with van der Waals surface area (Å²) in [5, 5.41) is 9.62. The van der Waals surface area contributed by atoms with Crippen LogP contribution in [0.25, 0.3) is 11.6 Å². The lowest BCUT2D eigenvalue weighted by molar-refractivity contribution is -0.127. The summed E-state index contributed by atoms with van der Waals surface area (Å²) >= 11 is 0. The molecule has 0 radical (unpaired) electrons. The molecule has 0 fully saturated rings. The fraction of sp³-hybridized carbons (Fsp3) is 0.118. The van der Waals surface area contributed by atoms with Gasteiger partial charge in [0.05, 0.1) is 19.8 Å². The van der Waals surface area contributed by atoms with Crippen LogP contribution in [0.15, 0.2) is 36.4 Å². The molecule has 1 aliphatic heterocycles. The molecule has 2 aromatic carbocycles. The molecule has 0 saturated heterocycles. The van der Waals surface area contributed by atoms with E-state index in [4.69, 9.17) is 14.2 Å². The number of benzene rings is 2. The van der Waals surface area contributed by atoms with Crippen molar-refractivity contribution in [2.24, 2.45) is 0 Å². The maximum Gasteiger partial charge on any atom is 0.344 e. The van der Waals surface area contributed by atoms with E-state index in [9.17, 15) is 9.90 Å². The number of para-hydroxylation sites is 1. The molecule has 112 valence electrons. The first kappa shape index (κ1) is 14.0. The van der Waals surface area contributed by atoms with Crippen molar-refractivity contribution >= 4 is 17.6 Å². The average Bonchev–Trinajstić information content (AvgIpc) is 2.85. The van der Waals surface area contributed by atoms with Gasteiger partial charge in [-0.3, -0.25) is 0 Å². The van der Waals surface area contributed by atoms with Gasteiger partial charge >= 0.3 is 5.97 Å². The monoisotopic (exact) mass is 298 g/mol. The van der Waals surface area contributed by atoms with Crippen LogP contribution in [0.1, 0.15) is 11.1 Å². The first-order valence-corrected chi connectivity index (χ1v) is 6.62. The molecule has 1 N–H and O–H groups in total. The minimum Gasteiger partial charge on any atom is -0.504 e. The van der Waals surface area contributed by atoms with E-state index < -0.39 is 5.97 Å².